The summed E-state index contributed by atoms with van der Waals surface area (Å²) in [5.41, 5.74) is 0. The van der Waals surface area contributed by atoms with E-state index in [0.29, 0.717) is 6.04 Å². The quantitative estimate of drug-likeness (QED) is 0.325. The lowest BCUT2D eigenvalue weighted by Gasteiger charge is -2.13. The topological polar surface area (TPSA) is 12.0 Å². The maximum Gasteiger partial charge on any atom is 0.0377 e. The first kappa shape index (κ1) is 18.2. The second kappa shape index (κ2) is 15.3. The van der Waals surface area contributed by atoms with Crippen LogP contribution in [0.15, 0.2) is 0 Å². The van der Waals surface area contributed by atoms with Crippen LogP contribution >= 0.6 is 11.6 Å². The zero-order valence-electron chi connectivity index (χ0n) is 12.6. The van der Waals surface area contributed by atoms with E-state index in [-0.39, 0.29) is 0 Å². The zero-order chi connectivity index (χ0) is 13.5. The van der Waals surface area contributed by atoms with Gasteiger partial charge in [-0.2, -0.15) is 0 Å². The molecule has 0 heterocycles. The first-order valence-corrected chi connectivity index (χ1v) is 8.67. The van der Waals surface area contributed by atoms with E-state index in [0.717, 1.165) is 18.8 Å². The highest BCUT2D eigenvalue weighted by atomic mass is 35.5. The Morgan fingerprint density at radius 2 is 1.28 bits per heavy atom. The highest BCUT2D eigenvalue weighted by Gasteiger charge is 2.01. The van der Waals surface area contributed by atoms with Crippen LogP contribution in [-0.2, 0) is 0 Å². The van der Waals surface area contributed by atoms with Crippen LogP contribution in [-0.4, -0.2) is 18.5 Å². The Kier molecular flexibility index (Phi) is 15.5. The monoisotopic (exact) mass is 275 g/mol. The standard InChI is InChI=1S/C16H34ClN/c1-3-5-6-7-8-9-10-11-12-13-14-18-16(4-2)15-17/h16,18H,3-15H2,1-2H3. The second-order valence-electron chi connectivity index (χ2n) is 5.40. The van der Waals surface area contributed by atoms with E-state index >= 15 is 0 Å². The van der Waals surface area contributed by atoms with E-state index in [9.17, 15) is 0 Å². The van der Waals surface area contributed by atoms with E-state index in [1.807, 2.05) is 0 Å². The summed E-state index contributed by atoms with van der Waals surface area (Å²) < 4.78 is 0. The van der Waals surface area contributed by atoms with E-state index in [2.05, 4.69) is 19.2 Å². The van der Waals surface area contributed by atoms with E-state index in [4.69, 9.17) is 11.6 Å². The SMILES string of the molecule is CCCCCCCCCCCCNC(CC)CCl. The third-order valence-electron chi connectivity index (χ3n) is 3.64. The molecule has 2 heteroatoms. The number of alkyl halides is 1. The van der Waals surface area contributed by atoms with Crippen LogP contribution in [0.2, 0.25) is 0 Å². The van der Waals surface area contributed by atoms with Gasteiger partial charge in [0.15, 0.2) is 0 Å². The lowest BCUT2D eigenvalue weighted by atomic mass is 10.1. The molecule has 1 nitrogen and oxygen atoms in total. The molecule has 0 rings (SSSR count). The van der Waals surface area contributed by atoms with Crippen molar-refractivity contribution >= 4 is 11.6 Å². The van der Waals surface area contributed by atoms with Crippen LogP contribution < -0.4 is 5.32 Å². The molecule has 1 N–H and O–H groups in total. The smallest absolute Gasteiger partial charge is 0.0377 e. The molecule has 0 spiro atoms. The number of hydrogen-bond acceptors (Lipinski definition) is 1. The van der Waals surface area contributed by atoms with Crippen LogP contribution in [0.5, 0.6) is 0 Å². The fraction of sp³-hybridized carbons (Fsp3) is 1.00. The molecular formula is C16H34ClN. The molecule has 1 unspecified atom stereocenters. The minimum Gasteiger partial charge on any atom is -0.313 e. The van der Waals surface area contributed by atoms with Gasteiger partial charge in [-0.05, 0) is 19.4 Å². The Bertz CT molecular complexity index is 146. The summed E-state index contributed by atoms with van der Waals surface area (Å²) in [6.45, 7) is 5.61. The normalized spacial score (nSPS) is 12.8. The van der Waals surface area contributed by atoms with E-state index in [1.54, 1.807) is 0 Å². The van der Waals surface area contributed by atoms with Gasteiger partial charge in [0.05, 0.1) is 0 Å². The lowest BCUT2D eigenvalue weighted by molar-refractivity contribution is 0.502. The fourth-order valence-electron chi connectivity index (χ4n) is 2.23. The summed E-state index contributed by atoms with van der Waals surface area (Å²) in [6, 6.07) is 0.519. The molecule has 0 radical (unpaired) electrons. The molecule has 0 aliphatic carbocycles. The highest BCUT2D eigenvalue weighted by Crippen LogP contribution is 2.10. The predicted molar refractivity (Wildman–Crippen MR) is 84.6 cm³/mol. The first-order chi connectivity index (χ1) is 8.85. The molecule has 0 amide bonds. The summed E-state index contributed by atoms with van der Waals surface area (Å²) in [6.07, 6.45) is 15.2. The van der Waals surface area contributed by atoms with E-state index in [1.165, 1.54) is 64.2 Å². The second-order valence-corrected chi connectivity index (χ2v) is 5.70. The Morgan fingerprint density at radius 3 is 1.72 bits per heavy atom. The molecule has 110 valence electrons. The average Bonchev–Trinajstić information content (AvgIpc) is 2.40. The molecule has 0 saturated heterocycles. The average molecular weight is 276 g/mol. The van der Waals surface area contributed by atoms with Gasteiger partial charge in [-0.25, -0.2) is 0 Å². The van der Waals surface area contributed by atoms with Crippen LogP contribution in [0.4, 0.5) is 0 Å². The Morgan fingerprint density at radius 1 is 0.778 bits per heavy atom. The lowest BCUT2D eigenvalue weighted by Crippen LogP contribution is -2.30. The molecule has 18 heavy (non-hydrogen) atoms. The van der Waals surface area contributed by atoms with Gasteiger partial charge < -0.3 is 5.32 Å². The molecule has 0 aliphatic heterocycles. The van der Waals surface area contributed by atoms with Crippen molar-refractivity contribution in [3.63, 3.8) is 0 Å². The van der Waals surface area contributed by atoms with Crippen molar-refractivity contribution < 1.29 is 0 Å². The molecule has 0 saturated carbocycles. The molecule has 1 atom stereocenters. The molecule has 0 aromatic heterocycles. The van der Waals surface area contributed by atoms with Gasteiger partial charge in [0, 0.05) is 11.9 Å². The maximum absolute atomic E-state index is 5.84. The van der Waals surface area contributed by atoms with E-state index < -0.39 is 0 Å². The van der Waals surface area contributed by atoms with Gasteiger partial charge in [0.25, 0.3) is 0 Å². The van der Waals surface area contributed by atoms with Gasteiger partial charge in [-0.1, -0.05) is 71.6 Å². The molecule has 0 bridgehead atoms. The predicted octanol–water partition coefficient (Wildman–Crippen LogP) is 5.51. The van der Waals surface area contributed by atoms with Crippen molar-refractivity contribution in [1.82, 2.24) is 5.32 Å². The minimum atomic E-state index is 0.519. The highest BCUT2D eigenvalue weighted by molar-refractivity contribution is 6.18. The minimum absolute atomic E-state index is 0.519. The van der Waals surface area contributed by atoms with Crippen molar-refractivity contribution in [2.24, 2.45) is 0 Å². The first-order valence-electron chi connectivity index (χ1n) is 8.14. The zero-order valence-corrected chi connectivity index (χ0v) is 13.4. The van der Waals surface area contributed by atoms with Crippen molar-refractivity contribution in [1.29, 1.82) is 0 Å². The van der Waals surface area contributed by atoms with Crippen molar-refractivity contribution in [3.05, 3.63) is 0 Å². The molecule has 0 fully saturated rings. The van der Waals surface area contributed by atoms with Crippen molar-refractivity contribution in [2.75, 3.05) is 12.4 Å². The maximum atomic E-state index is 5.84. The third kappa shape index (κ3) is 12.7. The molecule has 0 aliphatic rings. The Balaban J connectivity index is 3.03. The number of nitrogens with one attached hydrogen (secondary N) is 1. The third-order valence-corrected chi connectivity index (χ3v) is 4.01. The molecule has 0 aromatic carbocycles. The fourth-order valence-corrected chi connectivity index (χ4v) is 2.55. The Labute approximate surface area is 120 Å². The Hall–Kier alpha value is 0.250. The van der Waals surface area contributed by atoms with Crippen LogP contribution in [0.3, 0.4) is 0 Å². The summed E-state index contributed by atoms with van der Waals surface area (Å²) in [5.74, 6) is 0.744. The van der Waals surface area contributed by atoms with Gasteiger partial charge in [0.2, 0.25) is 0 Å². The van der Waals surface area contributed by atoms with Gasteiger partial charge >= 0.3 is 0 Å². The van der Waals surface area contributed by atoms with Crippen LogP contribution in [0, 0.1) is 0 Å². The summed E-state index contributed by atoms with van der Waals surface area (Å²) in [5, 5.41) is 3.51. The van der Waals surface area contributed by atoms with Gasteiger partial charge in [0.1, 0.15) is 0 Å². The number of unbranched alkanes of at least 4 members (excludes halogenated alkanes) is 9. The van der Waals surface area contributed by atoms with Crippen LogP contribution in [0.1, 0.15) is 84.5 Å². The van der Waals surface area contributed by atoms with Crippen LogP contribution in [0.25, 0.3) is 0 Å². The van der Waals surface area contributed by atoms with Gasteiger partial charge in [-0.3, -0.25) is 0 Å². The summed E-state index contributed by atoms with van der Waals surface area (Å²) >= 11 is 5.84. The van der Waals surface area contributed by atoms with Crippen molar-refractivity contribution in [2.45, 2.75) is 90.5 Å². The number of halogens is 1. The van der Waals surface area contributed by atoms with Crippen molar-refractivity contribution in [3.8, 4) is 0 Å². The molecule has 0 aromatic rings. The summed E-state index contributed by atoms with van der Waals surface area (Å²) in [7, 11) is 0. The van der Waals surface area contributed by atoms with Gasteiger partial charge in [-0.15, -0.1) is 11.6 Å². The number of rotatable bonds is 14. The summed E-state index contributed by atoms with van der Waals surface area (Å²) in [4.78, 5) is 0. The molecular weight excluding hydrogens is 242 g/mol. The number of hydrogen-bond donors (Lipinski definition) is 1. The largest absolute Gasteiger partial charge is 0.313 e.